The Balaban J connectivity index is 1.28. The van der Waals surface area contributed by atoms with Crippen LogP contribution in [0.1, 0.15) is 52.1 Å². The van der Waals surface area contributed by atoms with Crippen molar-refractivity contribution in [3.63, 3.8) is 0 Å². The van der Waals surface area contributed by atoms with E-state index in [0.29, 0.717) is 42.3 Å². The number of benzene rings is 2. The van der Waals surface area contributed by atoms with E-state index in [4.69, 9.17) is 9.47 Å². The van der Waals surface area contributed by atoms with Crippen LogP contribution in [0.4, 0.5) is 0 Å². The summed E-state index contributed by atoms with van der Waals surface area (Å²) in [7, 11) is 0. The number of carbonyl (C=O) groups excluding carboxylic acids is 3. The Bertz CT molecular complexity index is 936. The van der Waals surface area contributed by atoms with Crippen molar-refractivity contribution in [3.05, 3.63) is 59.2 Å². The molecule has 2 aliphatic heterocycles. The number of nitrogens with one attached hydrogen (secondary N) is 1. The van der Waals surface area contributed by atoms with Gasteiger partial charge in [0.1, 0.15) is 13.2 Å². The van der Waals surface area contributed by atoms with Gasteiger partial charge in [-0.2, -0.15) is 0 Å². The van der Waals surface area contributed by atoms with Crippen molar-refractivity contribution in [3.8, 4) is 11.5 Å². The van der Waals surface area contributed by atoms with Crippen molar-refractivity contribution in [2.24, 2.45) is 0 Å². The van der Waals surface area contributed by atoms with Crippen LogP contribution in [0.3, 0.4) is 0 Å². The monoisotopic (exact) mass is 394 g/mol. The van der Waals surface area contributed by atoms with E-state index in [1.807, 2.05) is 25.1 Å². The zero-order valence-corrected chi connectivity index (χ0v) is 16.1. The van der Waals surface area contributed by atoms with Gasteiger partial charge in [-0.1, -0.05) is 18.2 Å². The lowest BCUT2D eigenvalue weighted by Crippen LogP contribution is -2.32. The SMILES string of the molecule is CC(NC(=O)CCCN1C(=O)c2ccccc2C1=O)c1ccc2c(c1)OCCO2. The van der Waals surface area contributed by atoms with E-state index in [1.54, 1.807) is 24.3 Å². The van der Waals surface area contributed by atoms with E-state index < -0.39 is 0 Å². The van der Waals surface area contributed by atoms with Gasteiger partial charge in [0.05, 0.1) is 17.2 Å². The zero-order chi connectivity index (χ0) is 20.4. The smallest absolute Gasteiger partial charge is 0.261 e. The summed E-state index contributed by atoms with van der Waals surface area (Å²) in [6.07, 6.45) is 0.632. The second-order valence-electron chi connectivity index (χ2n) is 7.10. The average Bonchev–Trinajstić information content (AvgIpc) is 2.98. The third-order valence-corrected chi connectivity index (χ3v) is 5.11. The molecule has 1 atom stereocenters. The summed E-state index contributed by atoms with van der Waals surface area (Å²) in [5.74, 6) is 0.662. The van der Waals surface area contributed by atoms with Gasteiger partial charge in [0, 0.05) is 13.0 Å². The summed E-state index contributed by atoms with van der Waals surface area (Å²) >= 11 is 0. The molecule has 150 valence electrons. The van der Waals surface area contributed by atoms with Crippen molar-refractivity contribution in [2.45, 2.75) is 25.8 Å². The lowest BCUT2D eigenvalue weighted by Gasteiger charge is -2.21. The van der Waals surface area contributed by atoms with Gasteiger partial charge in [-0.25, -0.2) is 0 Å². The number of hydrogen-bond donors (Lipinski definition) is 1. The van der Waals surface area contributed by atoms with Gasteiger partial charge in [0.25, 0.3) is 11.8 Å². The van der Waals surface area contributed by atoms with Gasteiger partial charge in [0.15, 0.2) is 11.5 Å². The van der Waals surface area contributed by atoms with Crippen LogP contribution in [-0.2, 0) is 4.79 Å². The molecule has 0 radical (unpaired) electrons. The summed E-state index contributed by atoms with van der Waals surface area (Å²) in [5, 5.41) is 2.94. The number of nitrogens with zero attached hydrogens (tertiary/aromatic N) is 1. The number of imide groups is 1. The Kier molecular flexibility index (Phi) is 5.20. The lowest BCUT2D eigenvalue weighted by atomic mass is 10.1. The second-order valence-corrected chi connectivity index (χ2v) is 7.10. The zero-order valence-electron chi connectivity index (χ0n) is 16.1. The molecule has 0 aromatic heterocycles. The van der Waals surface area contributed by atoms with Gasteiger partial charge in [-0.05, 0) is 43.2 Å². The molecule has 0 bridgehead atoms. The molecule has 2 heterocycles. The quantitative estimate of drug-likeness (QED) is 0.762. The molecule has 7 nitrogen and oxygen atoms in total. The molecule has 0 saturated carbocycles. The van der Waals surface area contributed by atoms with Crippen molar-refractivity contribution >= 4 is 17.7 Å². The van der Waals surface area contributed by atoms with Crippen LogP contribution in [0.25, 0.3) is 0 Å². The van der Waals surface area contributed by atoms with Gasteiger partial charge < -0.3 is 14.8 Å². The molecule has 0 spiro atoms. The Morgan fingerprint density at radius 1 is 1.03 bits per heavy atom. The Hall–Kier alpha value is -3.35. The van der Waals surface area contributed by atoms with Crippen LogP contribution in [0.2, 0.25) is 0 Å². The summed E-state index contributed by atoms with van der Waals surface area (Å²) in [4.78, 5) is 38.2. The highest BCUT2D eigenvalue weighted by molar-refractivity contribution is 6.21. The van der Waals surface area contributed by atoms with E-state index in [-0.39, 0.29) is 36.7 Å². The minimum absolute atomic E-state index is 0.135. The maximum atomic E-state index is 12.3. The van der Waals surface area contributed by atoms with Crippen molar-refractivity contribution in [1.82, 2.24) is 10.2 Å². The molecule has 2 aliphatic rings. The van der Waals surface area contributed by atoms with E-state index >= 15 is 0 Å². The van der Waals surface area contributed by atoms with Gasteiger partial charge in [-0.3, -0.25) is 19.3 Å². The van der Waals surface area contributed by atoms with Crippen LogP contribution < -0.4 is 14.8 Å². The fourth-order valence-electron chi connectivity index (χ4n) is 3.57. The highest BCUT2D eigenvalue weighted by Gasteiger charge is 2.34. The minimum atomic E-state index is -0.296. The molecule has 2 aromatic carbocycles. The minimum Gasteiger partial charge on any atom is -0.486 e. The first-order valence-electron chi connectivity index (χ1n) is 9.69. The fourth-order valence-corrected chi connectivity index (χ4v) is 3.57. The molecular formula is C22H22N2O5. The molecular weight excluding hydrogens is 372 g/mol. The van der Waals surface area contributed by atoms with E-state index in [2.05, 4.69) is 5.32 Å². The molecule has 1 unspecified atom stereocenters. The third-order valence-electron chi connectivity index (χ3n) is 5.11. The standard InChI is InChI=1S/C22H22N2O5/c1-14(15-8-9-18-19(13-15)29-12-11-28-18)23-20(25)7-4-10-24-21(26)16-5-2-3-6-17(16)22(24)27/h2-3,5-6,8-9,13-14H,4,7,10-12H2,1H3,(H,23,25). The number of fused-ring (bicyclic) bond motifs is 2. The van der Waals surface area contributed by atoms with E-state index in [9.17, 15) is 14.4 Å². The van der Waals surface area contributed by atoms with Gasteiger partial charge in [0.2, 0.25) is 5.91 Å². The molecule has 1 N–H and O–H groups in total. The fraction of sp³-hybridized carbons (Fsp3) is 0.318. The Morgan fingerprint density at radius 3 is 2.38 bits per heavy atom. The predicted octanol–water partition coefficient (Wildman–Crippen LogP) is 2.71. The van der Waals surface area contributed by atoms with Gasteiger partial charge in [-0.15, -0.1) is 0 Å². The van der Waals surface area contributed by atoms with E-state index in [1.165, 1.54) is 4.90 Å². The summed E-state index contributed by atoms with van der Waals surface area (Å²) in [6, 6.07) is 12.2. The average molecular weight is 394 g/mol. The van der Waals surface area contributed by atoms with Crippen molar-refractivity contribution < 1.29 is 23.9 Å². The summed E-state index contributed by atoms with van der Waals surface area (Å²) in [6.45, 7) is 3.16. The normalized spacial score (nSPS) is 15.8. The first-order chi connectivity index (χ1) is 14.0. The van der Waals surface area contributed by atoms with Crippen LogP contribution in [-0.4, -0.2) is 42.4 Å². The summed E-state index contributed by atoms with van der Waals surface area (Å²) in [5.41, 5.74) is 1.77. The Morgan fingerprint density at radius 2 is 1.69 bits per heavy atom. The lowest BCUT2D eigenvalue weighted by molar-refractivity contribution is -0.121. The van der Waals surface area contributed by atoms with Crippen LogP contribution in [0.5, 0.6) is 11.5 Å². The third kappa shape index (κ3) is 3.81. The number of carbonyl (C=O) groups is 3. The van der Waals surface area contributed by atoms with Crippen LogP contribution >= 0.6 is 0 Å². The molecule has 3 amide bonds. The highest BCUT2D eigenvalue weighted by atomic mass is 16.6. The number of ether oxygens (including phenoxy) is 2. The van der Waals surface area contributed by atoms with Crippen molar-refractivity contribution in [2.75, 3.05) is 19.8 Å². The second kappa shape index (κ2) is 7.95. The molecule has 0 saturated heterocycles. The molecule has 4 rings (SSSR count). The number of hydrogen-bond acceptors (Lipinski definition) is 5. The highest BCUT2D eigenvalue weighted by Crippen LogP contribution is 2.32. The van der Waals surface area contributed by atoms with Crippen LogP contribution in [0, 0.1) is 0 Å². The first-order valence-corrected chi connectivity index (χ1v) is 9.69. The largest absolute Gasteiger partial charge is 0.486 e. The number of rotatable bonds is 6. The molecule has 2 aromatic rings. The van der Waals surface area contributed by atoms with Crippen LogP contribution in [0.15, 0.2) is 42.5 Å². The number of amides is 3. The topological polar surface area (TPSA) is 84.9 Å². The first kappa shape index (κ1) is 19.0. The molecule has 0 fully saturated rings. The van der Waals surface area contributed by atoms with E-state index in [0.717, 1.165) is 5.56 Å². The maximum absolute atomic E-state index is 12.3. The molecule has 29 heavy (non-hydrogen) atoms. The molecule has 7 heteroatoms. The Labute approximate surface area is 168 Å². The van der Waals surface area contributed by atoms with Crippen molar-refractivity contribution in [1.29, 1.82) is 0 Å². The van der Waals surface area contributed by atoms with Gasteiger partial charge >= 0.3 is 0 Å². The maximum Gasteiger partial charge on any atom is 0.261 e. The summed E-state index contributed by atoms with van der Waals surface area (Å²) < 4.78 is 11.1. The molecule has 0 aliphatic carbocycles. The predicted molar refractivity (Wildman–Crippen MR) is 105 cm³/mol.